The van der Waals surface area contributed by atoms with Gasteiger partial charge in [-0.2, -0.15) is 0 Å². The third-order valence-electron chi connectivity index (χ3n) is 6.89. The topological polar surface area (TPSA) is 96.4 Å². The summed E-state index contributed by atoms with van der Waals surface area (Å²) < 4.78 is 11.8. The van der Waals surface area contributed by atoms with Crippen molar-refractivity contribution in [2.75, 3.05) is 26.3 Å². The fraction of sp³-hybridized carbons (Fsp3) is 0.708. The largest absolute Gasteiger partial charge is 0.465 e. The van der Waals surface area contributed by atoms with Crippen LogP contribution in [0.25, 0.3) is 0 Å². The van der Waals surface area contributed by atoms with Gasteiger partial charge in [-0.25, -0.2) is 0 Å². The van der Waals surface area contributed by atoms with Crippen LogP contribution in [0.3, 0.4) is 0 Å². The second-order valence-electron chi connectivity index (χ2n) is 9.14. The Morgan fingerprint density at radius 2 is 2.09 bits per heavy atom. The fourth-order valence-corrected chi connectivity index (χ4v) is 5.53. The molecule has 5 atom stereocenters. The zero-order valence-corrected chi connectivity index (χ0v) is 19.2. The number of likely N-dealkylation sites (tertiary alicyclic amines) is 1. The summed E-state index contributed by atoms with van der Waals surface area (Å²) >= 11 is 0. The van der Waals surface area contributed by atoms with Crippen molar-refractivity contribution in [2.24, 2.45) is 11.8 Å². The molecular weight excluding hydrogens is 412 g/mol. The minimum absolute atomic E-state index is 0.0880. The summed E-state index contributed by atoms with van der Waals surface area (Å²) in [7, 11) is 0. The van der Waals surface area contributed by atoms with E-state index < -0.39 is 35.6 Å². The number of fused-ring (bicyclic) bond motifs is 1. The first kappa shape index (κ1) is 24.5. The van der Waals surface area contributed by atoms with Crippen LogP contribution in [0.15, 0.2) is 25.3 Å². The smallest absolute Gasteiger partial charge is 0.312 e. The summed E-state index contributed by atoms with van der Waals surface area (Å²) in [5, 5.41) is 9.37. The molecule has 32 heavy (non-hydrogen) atoms. The van der Waals surface area contributed by atoms with Crippen molar-refractivity contribution in [2.45, 2.75) is 69.7 Å². The van der Waals surface area contributed by atoms with E-state index in [4.69, 9.17) is 9.47 Å². The molecule has 3 rings (SSSR count). The average molecular weight is 449 g/mol. The van der Waals surface area contributed by atoms with Gasteiger partial charge >= 0.3 is 5.97 Å². The number of hydrogen-bond donors (Lipinski definition) is 1. The van der Waals surface area contributed by atoms with Crippen LogP contribution in [0.1, 0.15) is 46.0 Å². The highest BCUT2D eigenvalue weighted by atomic mass is 16.6. The predicted molar refractivity (Wildman–Crippen MR) is 118 cm³/mol. The molecule has 3 heterocycles. The molecule has 2 amide bonds. The van der Waals surface area contributed by atoms with E-state index in [9.17, 15) is 19.5 Å². The third kappa shape index (κ3) is 4.10. The van der Waals surface area contributed by atoms with Crippen molar-refractivity contribution in [1.82, 2.24) is 9.80 Å². The molecule has 2 unspecified atom stereocenters. The van der Waals surface area contributed by atoms with E-state index in [-0.39, 0.29) is 37.6 Å². The Kier molecular flexibility index (Phi) is 7.77. The Labute approximate surface area is 190 Å². The van der Waals surface area contributed by atoms with Gasteiger partial charge < -0.3 is 24.4 Å². The van der Waals surface area contributed by atoms with Gasteiger partial charge in [-0.3, -0.25) is 14.4 Å². The van der Waals surface area contributed by atoms with Gasteiger partial charge in [0.15, 0.2) is 0 Å². The normalized spacial score (nSPS) is 30.5. The van der Waals surface area contributed by atoms with Crippen molar-refractivity contribution in [3.63, 3.8) is 0 Å². The number of aliphatic hydroxyl groups excluding tert-OH is 1. The van der Waals surface area contributed by atoms with Crippen LogP contribution in [0, 0.1) is 11.8 Å². The quantitative estimate of drug-likeness (QED) is 0.277. The standard InChI is InChI=1S/C24H36N2O6/c1-5-7-8-15-31-23(30)18-17-10-11-24(32-17)19(18)21(28)26(13-9-14-27)20(24)22(29)25(12-6-2)16(3)4/h5-6,16-20,27H,1-2,7-15H2,3-4H3/t17-,18+,19+,20?,24?/m1/s1. The lowest BCUT2D eigenvalue weighted by atomic mass is 9.70. The van der Waals surface area contributed by atoms with E-state index in [1.165, 1.54) is 4.90 Å². The third-order valence-corrected chi connectivity index (χ3v) is 6.89. The molecule has 8 nitrogen and oxygen atoms in total. The SMILES string of the molecule is C=CCCCOC(=O)[C@@H]1[C@H]2C(=O)N(CCCO)C(C(=O)N(CC=C)C(C)C)C23CC[C@H]1O3. The van der Waals surface area contributed by atoms with E-state index in [0.29, 0.717) is 32.2 Å². The molecule has 8 heteroatoms. The molecule has 178 valence electrons. The van der Waals surface area contributed by atoms with Gasteiger partial charge in [-0.1, -0.05) is 12.2 Å². The first-order chi connectivity index (χ1) is 15.3. The molecule has 0 saturated carbocycles. The van der Waals surface area contributed by atoms with Gasteiger partial charge in [-0.15, -0.1) is 13.2 Å². The van der Waals surface area contributed by atoms with Crippen molar-refractivity contribution in [1.29, 1.82) is 0 Å². The first-order valence-corrected chi connectivity index (χ1v) is 11.6. The summed E-state index contributed by atoms with van der Waals surface area (Å²) in [4.78, 5) is 43.5. The Morgan fingerprint density at radius 3 is 2.72 bits per heavy atom. The second kappa shape index (κ2) is 10.2. The highest BCUT2D eigenvalue weighted by molar-refractivity contribution is 5.98. The molecule has 2 bridgehead atoms. The fourth-order valence-electron chi connectivity index (χ4n) is 5.53. The Morgan fingerprint density at radius 1 is 1.34 bits per heavy atom. The van der Waals surface area contributed by atoms with Gasteiger partial charge in [-0.05, 0) is 46.0 Å². The second-order valence-corrected chi connectivity index (χ2v) is 9.14. The van der Waals surface area contributed by atoms with Crippen LogP contribution in [-0.2, 0) is 23.9 Å². The number of aliphatic hydroxyl groups is 1. The molecular formula is C24H36N2O6. The minimum atomic E-state index is -1.03. The van der Waals surface area contributed by atoms with E-state index >= 15 is 0 Å². The van der Waals surface area contributed by atoms with E-state index in [1.807, 2.05) is 13.8 Å². The number of nitrogens with zero attached hydrogens (tertiary/aromatic N) is 2. The van der Waals surface area contributed by atoms with Gasteiger partial charge in [0.05, 0.1) is 24.5 Å². The molecule has 0 radical (unpaired) electrons. The number of hydrogen-bond acceptors (Lipinski definition) is 6. The molecule has 3 aliphatic heterocycles. The van der Waals surface area contributed by atoms with Crippen LogP contribution >= 0.6 is 0 Å². The average Bonchev–Trinajstić information content (AvgIpc) is 3.40. The van der Waals surface area contributed by atoms with E-state index in [1.54, 1.807) is 17.1 Å². The number of carbonyl (C=O) groups is 3. The number of unbranched alkanes of at least 4 members (excludes halogenated alkanes) is 1. The van der Waals surface area contributed by atoms with Crippen LogP contribution in [0.5, 0.6) is 0 Å². The number of allylic oxidation sites excluding steroid dienone is 1. The molecule has 0 aliphatic carbocycles. The van der Waals surface area contributed by atoms with Crippen molar-refractivity contribution in [3.05, 3.63) is 25.3 Å². The number of carbonyl (C=O) groups excluding carboxylic acids is 3. The highest BCUT2D eigenvalue weighted by Gasteiger charge is 2.75. The number of amides is 2. The summed E-state index contributed by atoms with van der Waals surface area (Å²) in [6.07, 6.45) is 5.92. The molecule has 1 spiro atoms. The molecule has 3 saturated heterocycles. The Hall–Kier alpha value is -2.19. The summed E-state index contributed by atoms with van der Waals surface area (Å²) in [5.41, 5.74) is -1.03. The van der Waals surface area contributed by atoms with Crippen molar-refractivity contribution >= 4 is 17.8 Å². The monoisotopic (exact) mass is 448 g/mol. The van der Waals surface area contributed by atoms with Gasteiger partial charge in [0.1, 0.15) is 11.6 Å². The maximum absolute atomic E-state index is 13.8. The van der Waals surface area contributed by atoms with Crippen molar-refractivity contribution in [3.8, 4) is 0 Å². The van der Waals surface area contributed by atoms with E-state index in [0.717, 1.165) is 6.42 Å². The number of ether oxygens (including phenoxy) is 2. The lowest BCUT2D eigenvalue weighted by molar-refractivity contribution is -0.155. The Balaban J connectivity index is 1.92. The zero-order chi connectivity index (χ0) is 23.5. The van der Waals surface area contributed by atoms with Crippen LogP contribution in [0.4, 0.5) is 0 Å². The lowest BCUT2D eigenvalue weighted by Gasteiger charge is -2.38. The van der Waals surface area contributed by atoms with Gasteiger partial charge in [0, 0.05) is 25.7 Å². The summed E-state index contributed by atoms with van der Waals surface area (Å²) in [5.74, 6) is -2.33. The Bertz CT molecular complexity index is 753. The maximum Gasteiger partial charge on any atom is 0.312 e. The lowest BCUT2D eigenvalue weighted by Crippen LogP contribution is -2.57. The van der Waals surface area contributed by atoms with Crippen molar-refractivity contribution < 1.29 is 29.0 Å². The number of esters is 1. The van der Waals surface area contributed by atoms with Gasteiger partial charge in [0.25, 0.3) is 0 Å². The minimum Gasteiger partial charge on any atom is -0.465 e. The number of rotatable bonds is 12. The molecule has 0 aromatic rings. The molecule has 0 aromatic carbocycles. The van der Waals surface area contributed by atoms with Gasteiger partial charge in [0.2, 0.25) is 11.8 Å². The van der Waals surface area contributed by atoms with Crippen LogP contribution in [-0.4, -0.2) is 82.8 Å². The summed E-state index contributed by atoms with van der Waals surface area (Å²) in [6, 6.07) is -0.910. The van der Waals surface area contributed by atoms with Crippen LogP contribution in [0.2, 0.25) is 0 Å². The summed E-state index contributed by atoms with van der Waals surface area (Å²) in [6.45, 7) is 12.0. The molecule has 3 fully saturated rings. The molecule has 1 N–H and O–H groups in total. The first-order valence-electron chi connectivity index (χ1n) is 11.6. The van der Waals surface area contributed by atoms with Crippen LogP contribution < -0.4 is 0 Å². The van der Waals surface area contributed by atoms with E-state index in [2.05, 4.69) is 13.2 Å². The highest BCUT2D eigenvalue weighted by Crippen LogP contribution is 2.58. The maximum atomic E-state index is 13.8. The molecule has 0 aromatic heterocycles. The molecule has 3 aliphatic rings. The zero-order valence-electron chi connectivity index (χ0n) is 19.2. The predicted octanol–water partition coefficient (Wildman–Crippen LogP) is 1.68.